The molecule has 0 radical (unpaired) electrons. The van der Waals surface area contributed by atoms with Gasteiger partial charge in [0.1, 0.15) is 0 Å². The van der Waals surface area contributed by atoms with Crippen molar-refractivity contribution < 1.29 is 4.79 Å². The Morgan fingerprint density at radius 3 is 2.61 bits per heavy atom. The summed E-state index contributed by atoms with van der Waals surface area (Å²) in [7, 11) is 0. The van der Waals surface area contributed by atoms with Crippen LogP contribution in [0.25, 0.3) is 0 Å². The highest BCUT2D eigenvalue weighted by molar-refractivity contribution is 8.15. The van der Waals surface area contributed by atoms with E-state index in [-0.39, 0.29) is 11.2 Å². The van der Waals surface area contributed by atoms with Gasteiger partial charge in [-0.3, -0.25) is 4.79 Å². The van der Waals surface area contributed by atoms with Crippen LogP contribution in [0.4, 0.5) is 5.69 Å². The Balaban J connectivity index is 2.02. The van der Waals surface area contributed by atoms with E-state index in [0.29, 0.717) is 5.17 Å². The van der Waals surface area contributed by atoms with E-state index in [9.17, 15) is 4.79 Å². The van der Waals surface area contributed by atoms with Crippen molar-refractivity contribution in [2.45, 2.75) is 38.4 Å². The van der Waals surface area contributed by atoms with E-state index in [4.69, 9.17) is 0 Å². The monoisotopic (exact) mass is 262 g/mol. The Bertz CT molecular complexity index is 453. The molecule has 0 bridgehead atoms. The van der Waals surface area contributed by atoms with Crippen molar-refractivity contribution in [2.75, 3.05) is 0 Å². The van der Waals surface area contributed by atoms with Gasteiger partial charge in [0.2, 0.25) is 5.91 Å². The van der Waals surface area contributed by atoms with E-state index in [1.165, 1.54) is 30.2 Å². The third-order valence-corrected chi connectivity index (χ3v) is 3.86. The fourth-order valence-corrected chi connectivity index (χ4v) is 2.57. The second-order valence-corrected chi connectivity index (χ2v) is 5.77. The summed E-state index contributed by atoms with van der Waals surface area (Å²) in [5.74, 6) is 0.0401. The topological polar surface area (TPSA) is 41.5 Å². The molecule has 2 rings (SSSR count). The van der Waals surface area contributed by atoms with Crippen LogP contribution < -0.4 is 5.32 Å². The van der Waals surface area contributed by atoms with Gasteiger partial charge < -0.3 is 5.32 Å². The third kappa shape index (κ3) is 3.35. The highest BCUT2D eigenvalue weighted by Gasteiger charge is 2.25. The van der Waals surface area contributed by atoms with Gasteiger partial charge in [-0.15, -0.1) is 0 Å². The fraction of sp³-hybridized carbons (Fsp3) is 0.429. The lowest BCUT2D eigenvalue weighted by atomic mass is 10.1. The Morgan fingerprint density at radius 2 is 2.06 bits per heavy atom. The molecular formula is C14H18N2OS. The van der Waals surface area contributed by atoms with Crippen LogP contribution in [0.5, 0.6) is 0 Å². The molecule has 1 aromatic rings. The first-order valence-electron chi connectivity index (χ1n) is 6.34. The minimum atomic E-state index is -0.0347. The van der Waals surface area contributed by atoms with Gasteiger partial charge in [-0.2, -0.15) is 0 Å². The standard InChI is InChI=1S/C14H18N2OS/c1-3-4-5-11-6-8-12(9-7-11)15-14-16-13(17)10(2)18-14/h6-10H,3-5H2,1-2H3,(H,15,16,17)/t10-/m0/s1. The van der Waals surface area contributed by atoms with Gasteiger partial charge in [0.15, 0.2) is 5.17 Å². The van der Waals surface area contributed by atoms with Crippen molar-refractivity contribution in [1.82, 2.24) is 5.32 Å². The van der Waals surface area contributed by atoms with Crippen LogP contribution in [-0.2, 0) is 11.2 Å². The van der Waals surface area contributed by atoms with E-state index >= 15 is 0 Å². The van der Waals surface area contributed by atoms with Crippen molar-refractivity contribution in [3.05, 3.63) is 29.8 Å². The fourth-order valence-electron chi connectivity index (χ4n) is 1.75. The molecule has 0 aliphatic carbocycles. The number of amides is 1. The smallest absolute Gasteiger partial charge is 0.239 e. The molecular weight excluding hydrogens is 244 g/mol. The molecule has 1 heterocycles. The number of hydrogen-bond acceptors (Lipinski definition) is 3. The molecule has 4 heteroatoms. The molecule has 3 nitrogen and oxygen atoms in total. The van der Waals surface area contributed by atoms with Crippen molar-refractivity contribution in [2.24, 2.45) is 4.99 Å². The van der Waals surface area contributed by atoms with E-state index in [2.05, 4.69) is 29.4 Å². The molecule has 1 atom stereocenters. The van der Waals surface area contributed by atoms with Gasteiger partial charge in [0.05, 0.1) is 10.9 Å². The number of aryl methyl sites for hydroxylation is 1. The quantitative estimate of drug-likeness (QED) is 0.904. The second-order valence-electron chi connectivity index (χ2n) is 4.44. The molecule has 1 fully saturated rings. The summed E-state index contributed by atoms with van der Waals surface area (Å²) in [6.45, 7) is 4.08. The Kier molecular flexibility index (Phi) is 4.42. The van der Waals surface area contributed by atoms with Crippen molar-refractivity contribution >= 4 is 28.5 Å². The molecule has 0 saturated carbocycles. The minimum Gasteiger partial charge on any atom is -0.304 e. The number of nitrogens with zero attached hydrogens (tertiary/aromatic N) is 1. The maximum atomic E-state index is 11.3. The number of amidine groups is 1. The molecule has 1 N–H and O–H groups in total. The van der Waals surface area contributed by atoms with Crippen molar-refractivity contribution in [3.63, 3.8) is 0 Å². The molecule has 1 amide bonds. The number of nitrogens with one attached hydrogen (secondary N) is 1. The Labute approximate surface area is 112 Å². The van der Waals surface area contributed by atoms with E-state index < -0.39 is 0 Å². The highest BCUT2D eigenvalue weighted by atomic mass is 32.2. The van der Waals surface area contributed by atoms with Crippen LogP contribution in [0.15, 0.2) is 29.3 Å². The van der Waals surface area contributed by atoms with E-state index in [1.54, 1.807) is 0 Å². The first kappa shape index (κ1) is 13.1. The largest absolute Gasteiger partial charge is 0.304 e. The molecule has 0 aromatic heterocycles. The predicted octanol–water partition coefficient (Wildman–Crippen LogP) is 3.27. The lowest BCUT2D eigenvalue weighted by Crippen LogP contribution is -2.23. The van der Waals surface area contributed by atoms with Gasteiger partial charge in [-0.1, -0.05) is 37.2 Å². The van der Waals surface area contributed by atoms with Crippen LogP contribution in [0.1, 0.15) is 32.3 Å². The van der Waals surface area contributed by atoms with Crippen molar-refractivity contribution in [3.8, 4) is 0 Å². The molecule has 0 spiro atoms. The van der Waals surface area contributed by atoms with E-state index in [1.807, 2.05) is 19.1 Å². The minimum absolute atomic E-state index is 0.0347. The van der Waals surface area contributed by atoms with Gasteiger partial charge in [-0.25, -0.2) is 4.99 Å². The average molecular weight is 262 g/mol. The first-order chi connectivity index (χ1) is 8.69. The zero-order chi connectivity index (χ0) is 13.0. The summed E-state index contributed by atoms with van der Waals surface area (Å²) in [6, 6.07) is 8.24. The zero-order valence-corrected chi connectivity index (χ0v) is 11.6. The number of hydrogen-bond donors (Lipinski definition) is 1. The first-order valence-corrected chi connectivity index (χ1v) is 7.22. The summed E-state index contributed by atoms with van der Waals surface area (Å²) in [4.78, 5) is 15.8. The Morgan fingerprint density at radius 1 is 1.33 bits per heavy atom. The van der Waals surface area contributed by atoms with Crippen LogP contribution in [0.3, 0.4) is 0 Å². The van der Waals surface area contributed by atoms with Gasteiger partial charge in [0.25, 0.3) is 0 Å². The second kappa shape index (κ2) is 6.05. The van der Waals surface area contributed by atoms with Gasteiger partial charge in [0, 0.05) is 0 Å². The van der Waals surface area contributed by atoms with Gasteiger partial charge >= 0.3 is 0 Å². The number of rotatable bonds is 4. The molecule has 1 saturated heterocycles. The van der Waals surface area contributed by atoms with Crippen LogP contribution in [-0.4, -0.2) is 16.3 Å². The number of carbonyl (C=O) groups excluding carboxylic acids is 1. The van der Waals surface area contributed by atoms with Crippen LogP contribution in [0, 0.1) is 0 Å². The summed E-state index contributed by atoms with van der Waals surface area (Å²) in [5.41, 5.74) is 2.24. The molecule has 1 aliphatic rings. The molecule has 96 valence electrons. The van der Waals surface area contributed by atoms with Crippen LogP contribution in [0.2, 0.25) is 0 Å². The predicted molar refractivity (Wildman–Crippen MR) is 77.3 cm³/mol. The number of carbonyl (C=O) groups is 1. The highest BCUT2D eigenvalue weighted by Crippen LogP contribution is 2.22. The maximum Gasteiger partial charge on any atom is 0.239 e. The van der Waals surface area contributed by atoms with Crippen LogP contribution >= 0.6 is 11.8 Å². The molecule has 1 aromatic carbocycles. The van der Waals surface area contributed by atoms with Crippen molar-refractivity contribution in [1.29, 1.82) is 0 Å². The lowest BCUT2D eigenvalue weighted by Gasteiger charge is -2.01. The number of thioether (sulfide) groups is 1. The average Bonchev–Trinajstić information content (AvgIpc) is 2.67. The molecule has 1 aliphatic heterocycles. The zero-order valence-electron chi connectivity index (χ0n) is 10.8. The maximum absolute atomic E-state index is 11.3. The summed E-state index contributed by atoms with van der Waals surface area (Å²) < 4.78 is 0. The SMILES string of the molecule is CCCCc1ccc(N=C2NC(=O)[C@H](C)S2)cc1. The molecule has 0 unspecified atom stereocenters. The number of aliphatic imine (C=N–C) groups is 1. The normalized spacial score (nSPS) is 21.3. The molecule has 18 heavy (non-hydrogen) atoms. The van der Waals surface area contributed by atoms with Gasteiger partial charge in [-0.05, 0) is 37.5 Å². The summed E-state index contributed by atoms with van der Waals surface area (Å²) >= 11 is 1.48. The van der Waals surface area contributed by atoms with E-state index in [0.717, 1.165) is 12.1 Å². The summed E-state index contributed by atoms with van der Waals surface area (Å²) in [5, 5.41) is 3.44. The number of benzene rings is 1. The summed E-state index contributed by atoms with van der Waals surface area (Å²) in [6.07, 6.45) is 3.55. The lowest BCUT2D eigenvalue weighted by molar-refractivity contribution is -0.118. The Hall–Kier alpha value is -1.29. The number of unbranched alkanes of at least 4 members (excludes halogenated alkanes) is 1. The third-order valence-electron chi connectivity index (χ3n) is 2.87.